The zero-order valence-electron chi connectivity index (χ0n) is 14.3. The summed E-state index contributed by atoms with van der Waals surface area (Å²) in [7, 11) is 2.14. The van der Waals surface area contributed by atoms with E-state index in [1.165, 1.54) is 18.4 Å². The molecule has 1 N–H and O–H groups in total. The minimum atomic E-state index is -0.161. The molecule has 1 aliphatic carbocycles. The number of hydrogen-bond donors (Lipinski definition) is 1. The Morgan fingerprint density at radius 3 is 2.75 bits per heavy atom. The number of carbonyl (C=O) groups is 1. The minimum absolute atomic E-state index is 0.0664. The van der Waals surface area contributed by atoms with E-state index in [1.54, 1.807) is 0 Å². The van der Waals surface area contributed by atoms with Crippen LogP contribution in [0.1, 0.15) is 37.2 Å². The number of piperidine rings is 1. The lowest BCUT2D eigenvalue weighted by molar-refractivity contribution is -0.123. The van der Waals surface area contributed by atoms with E-state index in [0.29, 0.717) is 31.4 Å². The molecule has 24 heavy (non-hydrogen) atoms. The molecule has 2 saturated heterocycles. The third-order valence-electron chi connectivity index (χ3n) is 5.50. The van der Waals surface area contributed by atoms with Gasteiger partial charge in [-0.3, -0.25) is 5.32 Å². The average Bonchev–Trinajstić information content (AvgIpc) is 3.44. The monoisotopic (exact) mass is 330 g/mol. The first-order valence-electron chi connectivity index (χ1n) is 8.98. The molecule has 3 fully saturated rings. The maximum absolute atomic E-state index is 12.6. The number of rotatable bonds is 2. The number of ether oxygens (including phenoxy) is 1. The molecule has 1 saturated carbocycles. The van der Waals surface area contributed by atoms with Crippen molar-refractivity contribution in [3.63, 3.8) is 0 Å². The third kappa shape index (κ3) is 3.39. The minimum Gasteiger partial charge on any atom is -0.371 e. The summed E-state index contributed by atoms with van der Waals surface area (Å²) in [4.78, 5) is 21.2. The van der Waals surface area contributed by atoms with Crippen molar-refractivity contribution in [3.05, 3.63) is 23.9 Å². The van der Waals surface area contributed by atoms with Gasteiger partial charge >= 0.3 is 6.03 Å². The lowest BCUT2D eigenvalue weighted by atomic mass is 9.89. The summed E-state index contributed by atoms with van der Waals surface area (Å²) in [5.41, 5.74) is 1.12. The molecule has 0 unspecified atom stereocenters. The predicted octanol–water partition coefficient (Wildman–Crippen LogP) is 2.29. The molecule has 2 amide bonds. The number of hydrogen-bond acceptors (Lipinski definition) is 4. The first kappa shape index (κ1) is 15.8. The molecule has 0 aromatic carbocycles. The zero-order chi connectivity index (χ0) is 16.6. The van der Waals surface area contributed by atoms with Gasteiger partial charge in [-0.15, -0.1) is 0 Å². The third-order valence-corrected chi connectivity index (χ3v) is 5.50. The number of morpholine rings is 1. The molecule has 130 valence electrons. The summed E-state index contributed by atoms with van der Waals surface area (Å²) in [5, 5.41) is 2.94. The van der Waals surface area contributed by atoms with Gasteiger partial charge in [-0.05, 0) is 50.3 Å². The quantitative estimate of drug-likeness (QED) is 0.904. The molecule has 0 bridgehead atoms. The summed E-state index contributed by atoms with van der Waals surface area (Å²) in [5.74, 6) is 1.32. The molecule has 1 spiro atoms. The van der Waals surface area contributed by atoms with E-state index in [1.807, 2.05) is 17.2 Å². The van der Waals surface area contributed by atoms with Crippen molar-refractivity contribution in [2.45, 2.75) is 37.2 Å². The van der Waals surface area contributed by atoms with E-state index in [0.717, 1.165) is 25.9 Å². The molecule has 0 atom stereocenters. The second-order valence-corrected chi connectivity index (χ2v) is 7.44. The number of aromatic nitrogens is 1. The van der Waals surface area contributed by atoms with Crippen molar-refractivity contribution in [1.82, 2.24) is 14.8 Å². The van der Waals surface area contributed by atoms with E-state index in [-0.39, 0.29) is 11.6 Å². The lowest BCUT2D eigenvalue weighted by Gasteiger charge is -2.46. The second kappa shape index (κ2) is 6.33. The van der Waals surface area contributed by atoms with Crippen molar-refractivity contribution in [3.8, 4) is 0 Å². The Labute approximate surface area is 143 Å². The van der Waals surface area contributed by atoms with E-state index < -0.39 is 0 Å². The topological polar surface area (TPSA) is 57.7 Å². The second-order valence-electron chi connectivity index (χ2n) is 7.44. The van der Waals surface area contributed by atoms with Crippen LogP contribution in [-0.4, -0.2) is 66.2 Å². The first-order valence-corrected chi connectivity index (χ1v) is 8.98. The number of anilines is 1. The molecule has 6 nitrogen and oxygen atoms in total. The Bertz CT molecular complexity index is 592. The van der Waals surface area contributed by atoms with Gasteiger partial charge in [0.1, 0.15) is 5.82 Å². The van der Waals surface area contributed by atoms with Gasteiger partial charge in [0.15, 0.2) is 0 Å². The van der Waals surface area contributed by atoms with Crippen molar-refractivity contribution in [2.24, 2.45) is 0 Å². The standard InChI is InChI=1S/C18H26N4O2/c1-21-8-6-18(7-9-21)13-22(10-11-24-18)17(23)20-16-5-4-15(12-19-16)14-2-3-14/h4-5,12,14H,2-3,6-11,13H2,1H3,(H,19,20,23). The van der Waals surface area contributed by atoms with Crippen LogP contribution in [0.5, 0.6) is 0 Å². The molecule has 3 aliphatic rings. The largest absolute Gasteiger partial charge is 0.371 e. The van der Waals surface area contributed by atoms with Gasteiger partial charge in [-0.2, -0.15) is 0 Å². The highest BCUT2D eigenvalue weighted by Crippen LogP contribution is 2.39. The van der Waals surface area contributed by atoms with Crippen molar-refractivity contribution in [2.75, 3.05) is 45.2 Å². The fraction of sp³-hybridized carbons (Fsp3) is 0.667. The van der Waals surface area contributed by atoms with Crippen molar-refractivity contribution < 1.29 is 9.53 Å². The number of nitrogens with one attached hydrogen (secondary N) is 1. The molecule has 4 rings (SSSR count). The van der Waals surface area contributed by atoms with Crippen molar-refractivity contribution >= 4 is 11.8 Å². The van der Waals surface area contributed by atoms with Crippen LogP contribution in [-0.2, 0) is 4.74 Å². The Balaban J connectivity index is 1.36. The number of nitrogens with zero attached hydrogens (tertiary/aromatic N) is 3. The van der Waals surface area contributed by atoms with Gasteiger partial charge in [0.2, 0.25) is 0 Å². The SMILES string of the molecule is CN1CCC2(CC1)CN(C(=O)Nc1ccc(C3CC3)cn1)CCO2. The van der Waals surface area contributed by atoms with E-state index in [4.69, 9.17) is 4.74 Å². The number of pyridine rings is 1. The molecule has 6 heteroatoms. The predicted molar refractivity (Wildman–Crippen MR) is 92.2 cm³/mol. The molecule has 1 aromatic rings. The molecular weight excluding hydrogens is 304 g/mol. The van der Waals surface area contributed by atoms with Crippen LogP contribution in [0.15, 0.2) is 18.3 Å². The van der Waals surface area contributed by atoms with E-state index >= 15 is 0 Å². The summed E-state index contributed by atoms with van der Waals surface area (Å²) in [6.07, 6.45) is 6.39. The normalized spacial score (nSPS) is 24.1. The Morgan fingerprint density at radius 2 is 2.08 bits per heavy atom. The number of likely N-dealkylation sites (tertiary alicyclic amines) is 1. The Kier molecular flexibility index (Phi) is 4.18. The maximum atomic E-state index is 12.6. The fourth-order valence-corrected chi connectivity index (χ4v) is 3.67. The molecule has 2 aliphatic heterocycles. The number of carbonyl (C=O) groups excluding carboxylic acids is 1. The summed E-state index contributed by atoms with van der Waals surface area (Å²) < 4.78 is 6.07. The number of urea groups is 1. The van der Waals surface area contributed by atoms with Crippen LogP contribution in [0, 0.1) is 0 Å². The van der Waals surface area contributed by atoms with Gasteiger partial charge in [0, 0.05) is 25.8 Å². The average molecular weight is 330 g/mol. The van der Waals surface area contributed by atoms with E-state index in [2.05, 4.69) is 28.3 Å². The van der Waals surface area contributed by atoms with Crippen LogP contribution in [0.25, 0.3) is 0 Å². The van der Waals surface area contributed by atoms with Crippen molar-refractivity contribution in [1.29, 1.82) is 0 Å². The summed E-state index contributed by atoms with van der Waals surface area (Å²) >= 11 is 0. The fourth-order valence-electron chi connectivity index (χ4n) is 3.67. The van der Waals surface area contributed by atoms with Crippen LogP contribution >= 0.6 is 0 Å². The Hall–Kier alpha value is -1.66. The highest BCUT2D eigenvalue weighted by atomic mass is 16.5. The molecule has 3 heterocycles. The summed E-state index contributed by atoms with van der Waals surface area (Å²) in [6.45, 7) is 3.99. The molecule has 1 aromatic heterocycles. The van der Waals surface area contributed by atoms with Gasteiger partial charge < -0.3 is 14.5 Å². The van der Waals surface area contributed by atoms with Crippen LogP contribution < -0.4 is 5.32 Å². The van der Waals surface area contributed by atoms with Gasteiger partial charge in [-0.25, -0.2) is 9.78 Å². The lowest BCUT2D eigenvalue weighted by Crippen LogP contribution is -2.58. The summed E-state index contributed by atoms with van der Waals surface area (Å²) in [6, 6.07) is 3.93. The van der Waals surface area contributed by atoms with Gasteiger partial charge in [-0.1, -0.05) is 6.07 Å². The smallest absolute Gasteiger partial charge is 0.323 e. The zero-order valence-corrected chi connectivity index (χ0v) is 14.3. The Morgan fingerprint density at radius 1 is 1.29 bits per heavy atom. The highest BCUT2D eigenvalue weighted by Gasteiger charge is 2.40. The molecular formula is C18H26N4O2. The maximum Gasteiger partial charge on any atom is 0.323 e. The van der Waals surface area contributed by atoms with Crippen LogP contribution in [0.4, 0.5) is 10.6 Å². The van der Waals surface area contributed by atoms with Crippen LogP contribution in [0.3, 0.4) is 0 Å². The van der Waals surface area contributed by atoms with Crippen LogP contribution in [0.2, 0.25) is 0 Å². The van der Waals surface area contributed by atoms with E-state index in [9.17, 15) is 4.79 Å². The number of amides is 2. The highest BCUT2D eigenvalue weighted by molar-refractivity contribution is 5.88. The van der Waals surface area contributed by atoms with Gasteiger partial charge in [0.25, 0.3) is 0 Å². The van der Waals surface area contributed by atoms with Gasteiger partial charge in [0.05, 0.1) is 18.8 Å². The first-order chi connectivity index (χ1) is 11.6. The molecule has 0 radical (unpaired) electrons.